The molecule has 0 amide bonds. The van der Waals surface area contributed by atoms with E-state index < -0.39 is 5.82 Å². The number of nitrogen functional groups attached to an aromatic ring is 1. The molecule has 5 nitrogen and oxygen atoms in total. The van der Waals surface area contributed by atoms with Crippen molar-refractivity contribution in [1.82, 2.24) is 9.55 Å². The molecule has 3 N–H and O–H groups in total. The molecule has 27 heavy (non-hydrogen) atoms. The van der Waals surface area contributed by atoms with Crippen LogP contribution in [0.3, 0.4) is 0 Å². The molecule has 0 aliphatic rings. The lowest BCUT2D eigenvalue weighted by atomic mass is 10.0. The number of halogens is 4. The molecule has 146 valence electrons. The topological polar surface area (TPSA) is 68.2 Å². The van der Waals surface area contributed by atoms with E-state index in [0.29, 0.717) is 4.47 Å². The maximum absolute atomic E-state index is 13.7. The second-order valence-electron chi connectivity index (χ2n) is 5.58. The van der Waals surface area contributed by atoms with Gasteiger partial charge in [-0.1, -0.05) is 15.9 Å². The number of anilines is 2. The van der Waals surface area contributed by atoms with Gasteiger partial charge in [-0.3, -0.25) is 4.99 Å². The zero-order chi connectivity index (χ0) is 18.1. The van der Waals surface area contributed by atoms with Gasteiger partial charge in [0.05, 0.1) is 11.2 Å². The summed E-state index contributed by atoms with van der Waals surface area (Å²) in [5.41, 5.74) is 9.38. The molecule has 2 aromatic heterocycles. The van der Waals surface area contributed by atoms with Crippen LogP contribution in [0.25, 0.3) is 22.0 Å². The number of aryl methyl sites for hydroxylation is 1. The minimum absolute atomic E-state index is 0. The SMILES string of the molecule is CCn1c(=NC)c(-c2cc(N)c(F)cc2Br)cc2cnc(NC)cc21.Cl.Cl. The number of fused-ring (bicyclic) bond motifs is 1. The van der Waals surface area contributed by atoms with Crippen LogP contribution in [0.5, 0.6) is 0 Å². The van der Waals surface area contributed by atoms with E-state index in [9.17, 15) is 4.39 Å². The summed E-state index contributed by atoms with van der Waals surface area (Å²) in [5, 5.41) is 4.03. The lowest BCUT2D eigenvalue weighted by Crippen LogP contribution is -2.23. The number of rotatable bonds is 3. The summed E-state index contributed by atoms with van der Waals surface area (Å²) in [6, 6.07) is 7.01. The van der Waals surface area contributed by atoms with Gasteiger partial charge in [-0.15, -0.1) is 24.8 Å². The minimum Gasteiger partial charge on any atom is -0.396 e. The van der Waals surface area contributed by atoms with E-state index in [1.165, 1.54) is 6.07 Å². The Morgan fingerprint density at radius 3 is 2.52 bits per heavy atom. The number of nitrogens with one attached hydrogen (secondary N) is 1. The Kier molecular flexibility index (Phi) is 8.07. The van der Waals surface area contributed by atoms with E-state index in [-0.39, 0.29) is 30.5 Å². The summed E-state index contributed by atoms with van der Waals surface area (Å²) in [5.74, 6) is 0.340. The average molecular weight is 477 g/mol. The number of aromatic nitrogens is 2. The highest BCUT2D eigenvalue weighted by Gasteiger charge is 2.14. The van der Waals surface area contributed by atoms with Gasteiger partial charge in [-0.25, -0.2) is 9.37 Å². The Morgan fingerprint density at radius 2 is 1.93 bits per heavy atom. The molecule has 0 unspecified atom stereocenters. The summed E-state index contributed by atoms with van der Waals surface area (Å²) >= 11 is 3.44. The number of hydrogen-bond acceptors (Lipinski definition) is 4. The molecule has 0 spiro atoms. The van der Waals surface area contributed by atoms with Gasteiger partial charge in [-0.2, -0.15) is 0 Å². The van der Waals surface area contributed by atoms with Gasteiger partial charge < -0.3 is 15.6 Å². The van der Waals surface area contributed by atoms with Crippen LogP contribution in [0.15, 0.2) is 39.9 Å². The fourth-order valence-electron chi connectivity index (χ4n) is 2.95. The number of nitrogens with zero attached hydrogens (tertiary/aromatic N) is 3. The molecule has 9 heteroatoms. The lowest BCUT2D eigenvalue weighted by molar-refractivity contribution is 0.632. The number of hydrogen-bond donors (Lipinski definition) is 2. The molecule has 0 saturated heterocycles. The zero-order valence-electron chi connectivity index (χ0n) is 15.1. The molecular weight excluding hydrogens is 456 g/mol. The maximum Gasteiger partial charge on any atom is 0.147 e. The predicted molar refractivity (Wildman–Crippen MR) is 118 cm³/mol. The summed E-state index contributed by atoms with van der Waals surface area (Å²) in [7, 11) is 3.58. The van der Waals surface area contributed by atoms with Crippen molar-refractivity contribution in [1.29, 1.82) is 0 Å². The van der Waals surface area contributed by atoms with E-state index in [0.717, 1.165) is 39.9 Å². The highest BCUT2D eigenvalue weighted by molar-refractivity contribution is 9.10. The molecule has 3 rings (SSSR count). The van der Waals surface area contributed by atoms with Crippen LogP contribution in [-0.2, 0) is 6.54 Å². The van der Waals surface area contributed by atoms with Crippen molar-refractivity contribution >= 4 is 63.2 Å². The summed E-state index contributed by atoms with van der Waals surface area (Å²) in [4.78, 5) is 8.88. The highest BCUT2D eigenvalue weighted by Crippen LogP contribution is 2.31. The fourth-order valence-corrected chi connectivity index (χ4v) is 3.48. The van der Waals surface area contributed by atoms with Gasteiger partial charge in [0.15, 0.2) is 0 Å². The quantitative estimate of drug-likeness (QED) is 0.541. The highest BCUT2D eigenvalue weighted by atomic mass is 79.9. The van der Waals surface area contributed by atoms with Gasteiger partial charge in [0.2, 0.25) is 0 Å². The lowest BCUT2D eigenvalue weighted by Gasteiger charge is -2.16. The van der Waals surface area contributed by atoms with Crippen molar-refractivity contribution in [3.63, 3.8) is 0 Å². The Labute approximate surface area is 177 Å². The average Bonchev–Trinajstić information content (AvgIpc) is 2.62. The maximum atomic E-state index is 13.7. The standard InChI is InChI=1S/C18H19BrFN5.2ClH/c1-4-25-16-8-17(22-2)24-9-10(16)5-12(18(25)23-3)11-6-15(21)14(20)7-13(11)19;;/h5-9H,4,21H2,1-3H3,(H,22,24);2*1H. The molecule has 0 fully saturated rings. The first kappa shape index (κ1) is 23.2. The first-order valence-electron chi connectivity index (χ1n) is 7.89. The molecule has 0 saturated carbocycles. The first-order valence-corrected chi connectivity index (χ1v) is 8.68. The molecule has 0 radical (unpaired) electrons. The molecule has 0 aliphatic carbocycles. The van der Waals surface area contributed by atoms with E-state index in [2.05, 4.69) is 42.7 Å². The molecule has 1 aromatic carbocycles. The molecular formula is C18H21BrCl2FN5. The Bertz CT molecular complexity index is 1040. The van der Waals surface area contributed by atoms with Crippen molar-refractivity contribution in [2.45, 2.75) is 13.5 Å². The van der Waals surface area contributed by atoms with Crippen LogP contribution in [0.1, 0.15) is 6.92 Å². The third kappa shape index (κ3) is 4.20. The Hall–Kier alpha value is -1.83. The molecule has 2 heterocycles. The molecule has 0 aliphatic heterocycles. The van der Waals surface area contributed by atoms with Crippen molar-refractivity contribution in [2.24, 2.45) is 4.99 Å². The van der Waals surface area contributed by atoms with Crippen LogP contribution in [0.2, 0.25) is 0 Å². The molecule has 3 aromatic rings. The van der Waals surface area contributed by atoms with Crippen LogP contribution in [-0.4, -0.2) is 23.6 Å². The predicted octanol–water partition coefficient (Wildman–Crippen LogP) is 4.62. The van der Waals surface area contributed by atoms with E-state index in [1.54, 1.807) is 13.1 Å². The normalized spacial score (nSPS) is 11.1. The smallest absolute Gasteiger partial charge is 0.147 e. The largest absolute Gasteiger partial charge is 0.396 e. The summed E-state index contributed by atoms with van der Waals surface area (Å²) < 4.78 is 16.5. The van der Waals surface area contributed by atoms with Crippen molar-refractivity contribution in [3.8, 4) is 11.1 Å². The summed E-state index contributed by atoms with van der Waals surface area (Å²) in [6.07, 6.45) is 1.82. The zero-order valence-corrected chi connectivity index (χ0v) is 18.3. The third-order valence-corrected chi connectivity index (χ3v) is 4.82. The second-order valence-corrected chi connectivity index (χ2v) is 6.44. The van der Waals surface area contributed by atoms with E-state index >= 15 is 0 Å². The van der Waals surface area contributed by atoms with Crippen molar-refractivity contribution in [3.05, 3.63) is 46.2 Å². The van der Waals surface area contributed by atoms with Gasteiger partial charge in [0.1, 0.15) is 17.1 Å². The van der Waals surface area contributed by atoms with Gasteiger partial charge in [-0.05, 0) is 25.1 Å². The van der Waals surface area contributed by atoms with Gasteiger partial charge in [0.25, 0.3) is 0 Å². The van der Waals surface area contributed by atoms with Crippen LogP contribution in [0.4, 0.5) is 15.9 Å². The molecule has 0 atom stereocenters. The monoisotopic (exact) mass is 475 g/mol. The van der Waals surface area contributed by atoms with E-state index in [4.69, 9.17) is 5.73 Å². The molecule has 0 bridgehead atoms. The number of pyridine rings is 2. The van der Waals surface area contributed by atoms with Crippen LogP contribution < -0.4 is 16.5 Å². The Morgan fingerprint density at radius 1 is 1.22 bits per heavy atom. The first-order chi connectivity index (χ1) is 12.0. The van der Waals surface area contributed by atoms with Crippen LogP contribution >= 0.6 is 40.7 Å². The second kappa shape index (κ2) is 9.39. The van der Waals surface area contributed by atoms with Crippen molar-refractivity contribution < 1.29 is 4.39 Å². The van der Waals surface area contributed by atoms with Gasteiger partial charge in [0, 0.05) is 53.9 Å². The van der Waals surface area contributed by atoms with Crippen LogP contribution in [0, 0.1) is 5.82 Å². The number of nitrogens with two attached hydrogens (primary N) is 1. The summed E-state index contributed by atoms with van der Waals surface area (Å²) in [6.45, 7) is 2.80. The minimum atomic E-state index is -0.449. The van der Waals surface area contributed by atoms with Gasteiger partial charge >= 0.3 is 0 Å². The Balaban J connectivity index is 0.00000182. The number of benzene rings is 1. The van der Waals surface area contributed by atoms with Crippen molar-refractivity contribution in [2.75, 3.05) is 25.1 Å². The third-order valence-electron chi connectivity index (χ3n) is 4.16. The van der Waals surface area contributed by atoms with E-state index in [1.807, 2.05) is 25.4 Å². The fraction of sp³-hybridized carbons (Fsp3) is 0.222.